The lowest BCUT2D eigenvalue weighted by molar-refractivity contribution is -0.133. The molecule has 0 heterocycles. The van der Waals surface area contributed by atoms with Gasteiger partial charge in [0.15, 0.2) is 0 Å². The molecular weight excluding hydrogens is 332 g/mol. The van der Waals surface area contributed by atoms with Crippen molar-refractivity contribution >= 4 is 20.3 Å². The summed E-state index contributed by atoms with van der Waals surface area (Å²) in [6.07, 6.45) is 5.29. The van der Waals surface area contributed by atoms with Gasteiger partial charge in [-0.2, -0.15) is 0 Å². The summed E-state index contributed by atoms with van der Waals surface area (Å²) in [5, 5.41) is 8.78. The molecule has 0 fully saturated rings. The molecule has 1 unspecified atom stereocenters. The molecule has 0 aliphatic carbocycles. The summed E-state index contributed by atoms with van der Waals surface area (Å²) in [7, 11) is -2.38. The minimum Gasteiger partial charge on any atom is -0.516 e. The average molecular weight is 371 g/mol. The molecule has 0 aromatic carbocycles. The summed E-state index contributed by atoms with van der Waals surface area (Å²) >= 11 is 0. The van der Waals surface area contributed by atoms with E-state index in [0.29, 0.717) is 23.3 Å². The predicted octanol–water partition coefficient (Wildman–Crippen LogP) is 5.64. The van der Waals surface area contributed by atoms with Gasteiger partial charge in [-0.1, -0.05) is 61.3 Å². The highest BCUT2D eigenvalue weighted by Gasteiger charge is 2.47. The Bertz CT molecular complexity index is 431. The third-order valence-corrected chi connectivity index (χ3v) is 10.5. The highest BCUT2D eigenvalue weighted by atomic mass is 28.4. The Labute approximate surface area is 155 Å². The van der Waals surface area contributed by atoms with Crippen molar-refractivity contribution in [1.82, 2.24) is 0 Å². The Balaban J connectivity index is 5.81. The molecule has 0 bridgehead atoms. The van der Waals surface area contributed by atoms with Gasteiger partial charge in [-0.3, -0.25) is 0 Å². The highest BCUT2D eigenvalue weighted by molar-refractivity contribution is 6.76. The van der Waals surface area contributed by atoms with Gasteiger partial charge in [-0.05, 0) is 41.8 Å². The number of hydrogen-bond acceptors (Lipinski definition) is 3. The van der Waals surface area contributed by atoms with Crippen LogP contribution in [0.5, 0.6) is 0 Å². The predicted molar refractivity (Wildman–Crippen MR) is 106 cm³/mol. The van der Waals surface area contributed by atoms with E-state index in [1.165, 1.54) is 0 Å². The first-order valence-corrected chi connectivity index (χ1v) is 12.1. The van der Waals surface area contributed by atoms with Crippen molar-refractivity contribution in [3.63, 3.8) is 0 Å². The number of carbonyl (C=O) groups is 2. The maximum Gasteiger partial charge on any atom is 0.328 e. The van der Waals surface area contributed by atoms with E-state index in [9.17, 15) is 9.59 Å². The van der Waals surface area contributed by atoms with Gasteiger partial charge in [-0.25, -0.2) is 9.59 Å². The summed E-state index contributed by atoms with van der Waals surface area (Å²) in [4.78, 5) is 23.1. The molecule has 1 atom stereocenters. The zero-order valence-electron chi connectivity index (χ0n) is 17.2. The van der Waals surface area contributed by atoms with Crippen LogP contribution in [0.15, 0.2) is 12.2 Å². The van der Waals surface area contributed by atoms with E-state index < -0.39 is 20.3 Å². The first-order valence-electron chi connectivity index (χ1n) is 9.68. The molecule has 0 rings (SSSR count). The molecule has 25 heavy (non-hydrogen) atoms. The number of rotatable bonds is 12. The molecule has 0 aliphatic heterocycles. The fourth-order valence-corrected chi connectivity index (χ4v) is 10.2. The van der Waals surface area contributed by atoms with Crippen molar-refractivity contribution in [3.05, 3.63) is 12.2 Å². The number of unbranched alkanes of at least 4 members (excludes halogenated alkanes) is 1. The van der Waals surface area contributed by atoms with Crippen LogP contribution in [-0.2, 0) is 14.0 Å². The normalized spacial score (nSPS) is 13.8. The van der Waals surface area contributed by atoms with Crippen molar-refractivity contribution in [3.8, 4) is 0 Å². The Morgan fingerprint density at radius 3 is 1.88 bits per heavy atom. The Hall–Kier alpha value is -1.10. The van der Waals surface area contributed by atoms with Crippen LogP contribution < -0.4 is 0 Å². The van der Waals surface area contributed by atoms with Crippen LogP contribution >= 0.6 is 0 Å². The van der Waals surface area contributed by atoms with Gasteiger partial charge >= 0.3 is 11.9 Å². The van der Waals surface area contributed by atoms with Crippen LogP contribution in [0.1, 0.15) is 67.7 Å². The van der Waals surface area contributed by atoms with Crippen molar-refractivity contribution in [1.29, 1.82) is 0 Å². The van der Waals surface area contributed by atoms with Crippen molar-refractivity contribution in [2.45, 2.75) is 85.4 Å². The number of aliphatic carboxylic acids is 1. The van der Waals surface area contributed by atoms with Gasteiger partial charge in [0.2, 0.25) is 0 Å². The molecular formula is C20H38O4Si. The Morgan fingerprint density at radius 1 is 1.00 bits per heavy atom. The number of carbonyl (C=O) groups excluding carboxylic acids is 1. The molecule has 0 amide bonds. The smallest absolute Gasteiger partial charge is 0.328 e. The van der Waals surface area contributed by atoms with Crippen molar-refractivity contribution in [2.24, 2.45) is 17.8 Å². The number of hydrogen-bond donors (Lipinski definition) is 1. The first-order chi connectivity index (χ1) is 11.5. The molecule has 1 N–H and O–H groups in total. The molecule has 0 aromatic rings. The van der Waals surface area contributed by atoms with Gasteiger partial charge in [0, 0.05) is 12.2 Å². The van der Waals surface area contributed by atoms with Crippen LogP contribution in [0.3, 0.4) is 0 Å². The molecule has 0 saturated heterocycles. The van der Waals surface area contributed by atoms with Crippen LogP contribution in [0.25, 0.3) is 0 Å². The summed E-state index contributed by atoms with van der Waals surface area (Å²) in [5.74, 6) is -0.262. The molecule has 5 heteroatoms. The fraction of sp³-hybridized carbons (Fsp3) is 0.800. The number of carboxylic acids is 1. The van der Waals surface area contributed by atoms with Gasteiger partial charge in [0.25, 0.3) is 8.32 Å². The molecule has 0 spiro atoms. The average Bonchev–Trinajstić information content (AvgIpc) is 2.43. The standard InChI is InChI=1S/C20H38O4Si/c1-8-9-10-18(17(6)7)25(13-15(2)3,14-16(4)5)24-20(23)12-11-19(21)22/h11-12,15-18H,8-10,13-14H2,1-7H3,(H,21,22)/b12-11-. The minimum atomic E-state index is -2.38. The van der Waals surface area contributed by atoms with Crippen LogP contribution in [0, 0.1) is 17.8 Å². The molecule has 0 radical (unpaired) electrons. The second-order valence-electron chi connectivity index (χ2n) is 8.35. The SMILES string of the molecule is CCCCC(C(C)C)[Si](CC(C)C)(CC(C)C)OC(=O)/C=C\C(=O)O. The lowest BCUT2D eigenvalue weighted by Gasteiger charge is -2.42. The van der Waals surface area contributed by atoms with Crippen molar-refractivity contribution < 1.29 is 19.1 Å². The summed E-state index contributed by atoms with van der Waals surface area (Å²) in [6.45, 7) is 15.4. The maximum absolute atomic E-state index is 12.4. The molecule has 146 valence electrons. The lowest BCUT2D eigenvalue weighted by atomic mass is 10.0. The van der Waals surface area contributed by atoms with E-state index in [2.05, 4.69) is 48.5 Å². The van der Waals surface area contributed by atoms with E-state index in [4.69, 9.17) is 9.53 Å². The van der Waals surface area contributed by atoms with Gasteiger partial charge in [0.05, 0.1) is 0 Å². The molecule has 0 saturated carbocycles. The molecule has 4 nitrogen and oxygen atoms in total. The zero-order chi connectivity index (χ0) is 19.6. The van der Waals surface area contributed by atoms with Gasteiger partial charge < -0.3 is 9.53 Å². The summed E-state index contributed by atoms with van der Waals surface area (Å²) in [6, 6.07) is 1.87. The zero-order valence-corrected chi connectivity index (χ0v) is 18.2. The van der Waals surface area contributed by atoms with E-state index in [0.717, 1.165) is 43.5 Å². The Morgan fingerprint density at radius 2 is 1.52 bits per heavy atom. The number of carboxylic acid groups (broad SMARTS) is 1. The van der Waals surface area contributed by atoms with E-state index in [-0.39, 0.29) is 0 Å². The minimum absolute atomic E-state index is 0.402. The van der Waals surface area contributed by atoms with Gasteiger partial charge in [0.1, 0.15) is 0 Å². The second-order valence-corrected chi connectivity index (χ2v) is 12.2. The third kappa shape index (κ3) is 9.24. The fourth-order valence-electron chi connectivity index (χ4n) is 3.93. The quantitative estimate of drug-likeness (QED) is 0.356. The highest BCUT2D eigenvalue weighted by Crippen LogP contribution is 2.44. The third-order valence-electron chi connectivity index (χ3n) is 4.52. The molecule has 0 aromatic heterocycles. The van der Waals surface area contributed by atoms with Gasteiger partial charge in [-0.15, -0.1) is 0 Å². The first kappa shape index (κ1) is 23.9. The largest absolute Gasteiger partial charge is 0.516 e. The van der Waals surface area contributed by atoms with Crippen LogP contribution in [0.4, 0.5) is 0 Å². The van der Waals surface area contributed by atoms with E-state index in [1.54, 1.807) is 0 Å². The Kier molecular flexibility index (Phi) is 11.0. The van der Waals surface area contributed by atoms with Crippen LogP contribution in [-0.4, -0.2) is 25.4 Å². The topological polar surface area (TPSA) is 63.6 Å². The van der Waals surface area contributed by atoms with Crippen LogP contribution in [0.2, 0.25) is 17.6 Å². The van der Waals surface area contributed by atoms with Crippen molar-refractivity contribution in [2.75, 3.05) is 0 Å². The summed E-state index contributed by atoms with van der Waals surface area (Å²) < 4.78 is 6.18. The summed E-state index contributed by atoms with van der Waals surface area (Å²) in [5.41, 5.74) is 0.402. The monoisotopic (exact) mass is 370 g/mol. The maximum atomic E-state index is 12.4. The molecule has 0 aliphatic rings. The van der Waals surface area contributed by atoms with E-state index >= 15 is 0 Å². The van der Waals surface area contributed by atoms with E-state index in [1.807, 2.05) is 0 Å². The lowest BCUT2D eigenvalue weighted by Crippen LogP contribution is -2.48. The second kappa shape index (κ2) is 11.5.